The first kappa shape index (κ1) is 12.2. The van der Waals surface area contributed by atoms with E-state index in [4.69, 9.17) is 9.47 Å². The first-order valence-electron chi connectivity index (χ1n) is 5.68. The number of rotatable bonds is 2. The molecule has 0 spiro atoms. The highest BCUT2D eigenvalue weighted by Gasteiger charge is 2.10. The maximum Gasteiger partial charge on any atom is 0.519 e. The molecule has 18 heavy (non-hydrogen) atoms. The molecule has 0 unspecified atom stereocenters. The maximum absolute atomic E-state index is 11.6. The molecule has 0 fully saturated rings. The fraction of sp³-hybridized carbons (Fsp3) is 0.133. The van der Waals surface area contributed by atoms with Crippen LogP contribution in [0.2, 0.25) is 0 Å². The summed E-state index contributed by atoms with van der Waals surface area (Å²) in [7, 11) is 0. The average Bonchev–Trinajstić information content (AvgIpc) is 2.36. The van der Waals surface area contributed by atoms with Crippen LogP contribution in [0.4, 0.5) is 4.79 Å². The molecule has 3 nitrogen and oxygen atoms in total. The van der Waals surface area contributed by atoms with Crippen molar-refractivity contribution in [2.45, 2.75) is 13.8 Å². The Morgan fingerprint density at radius 3 is 2.33 bits per heavy atom. The van der Waals surface area contributed by atoms with Crippen LogP contribution in [0.25, 0.3) is 0 Å². The Kier molecular flexibility index (Phi) is 3.63. The van der Waals surface area contributed by atoms with Gasteiger partial charge in [0.25, 0.3) is 0 Å². The van der Waals surface area contributed by atoms with Crippen molar-refractivity contribution in [1.82, 2.24) is 0 Å². The summed E-state index contributed by atoms with van der Waals surface area (Å²) >= 11 is 0. The monoisotopic (exact) mass is 242 g/mol. The van der Waals surface area contributed by atoms with Gasteiger partial charge in [0, 0.05) is 0 Å². The van der Waals surface area contributed by atoms with Gasteiger partial charge in [0.1, 0.15) is 11.5 Å². The molecular formula is C15H14O3. The second-order valence-electron chi connectivity index (χ2n) is 3.97. The second kappa shape index (κ2) is 5.36. The first-order valence-corrected chi connectivity index (χ1v) is 5.68. The second-order valence-corrected chi connectivity index (χ2v) is 3.97. The molecule has 0 amide bonds. The van der Waals surface area contributed by atoms with Crippen LogP contribution in [-0.4, -0.2) is 6.16 Å². The Bertz CT molecular complexity index is 547. The molecule has 0 aliphatic carbocycles. The number of aryl methyl sites for hydroxylation is 1. The van der Waals surface area contributed by atoms with E-state index in [0.29, 0.717) is 11.5 Å². The average molecular weight is 242 g/mol. The van der Waals surface area contributed by atoms with Crippen molar-refractivity contribution >= 4 is 6.16 Å². The Balaban J connectivity index is 2.06. The van der Waals surface area contributed by atoms with Crippen molar-refractivity contribution in [3.8, 4) is 11.5 Å². The third-order valence-electron chi connectivity index (χ3n) is 2.69. The van der Waals surface area contributed by atoms with Crippen LogP contribution in [0, 0.1) is 13.8 Å². The van der Waals surface area contributed by atoms with Gasteiger partial charge in [0.2, 0.25) is 0 Å². The van der Waals surface area contributed by atoms with Crippen LogP contribution in [0.3, 0.4) is 0 Å². The van der Waals surface area contributed by atoms with Gasteiger partial charge < -0.3 is 9.47 Å². The number of ether oxygens (including phenoxy) is 2. The van der Waals surface area contributed by atoms with Gasteiger partial charge in [-0.3, -0.25) is 0 Å². The molecule has 0 aliphatic heterocycles. The van der Waals surface area contributed by atoms with E-state index in [2.05, 4.69) is 0 Å². The summed E-state index contributed by atoms with van der Waals surface area (Å²) < 4.78 is 10.2. The van der Waals surface area contributed by atoms with Gasteiger partial charge in [0.15, 0.2) is 0 Å². The summed E-state index contributed by atoms with van der Waals surface area (Å²) in [6.07, 6.45) is -0.727. The molecule has 3 heteroatoms. The van der Waals surface area contributed by atoms with Gasteiger partial charge in [-0.1, -0.05) is 30.3 Å². The number of carbonyl (C=O) groups is 1. The minimum Gasteiger partial charge on any atom is -0.395 e. The molecule has 92 valence electrons. The Labute approximate surface area is 106 Å². The van der Waals surface area contributed by atoms with E-state index < -0.39 is 6.16 Å². The van der Waals surface area contributed by atoms with Crippen molar-refractivity contribution in [2.75, 3.05) is 0 Å². The van der Waals surface area contributed by atoms with Crippen LogP contribution < -0.4 is 9.47 Å². The Morgan fingerprint density at radius 1 is 0.889 bits per heavy atom. The third-order valence-corrected chi connectivity index (χ3v) is 2.69. The van der Waals surface area contributed by atoms with Crippen molar-refractivity contribution in [3.05, 3.63) is 59.7 Å². The van der Waals surface area contributed by atoms with Gasteiger partial charge in [-0.05, 0) is 43.2 Å². The minimum atomic E-state index is -0.727. The van der Waals surface area contributed by atoms with Crippen LogP contribution in [-0.2, 0) is 0 Å². The van der Waals surface area contributed by atoms with Crippen LogP contribution in [0.5, 0.6) is 11.5 Å². The molecule has 0 N–H and O–H groups in total. The van der Waals surface area contributed by atoms with Crippen molar-refractivity contribution < 1.29 is 14.3 Å². The molecule has 2 rings (SSSR count). The molecule has 2 aromatic rings. The fourth-order valence-corrected chi connectivity index (χ4v) is 1.53. The molecule has 0 bridgehead atoms. The molecule has 0 saturated heterocycles. The first-order chi connectivity index (χ1) is 8.66. The predicted octanol–water partition coefficient (Wildman–Crippen LogP) is 3.88. The van der Waals surface area contributed by atoms with Gasteiger partial charge in [-0.15, -0.1) is 0 Å². The predicted molar refractivity (Wildman–Crippen MR) is 69.0 cm³/mol. The smallest absolute Gasteiger partial charge is 0.395 e. The van der Waals surface area contributed by atoms with E-state index in [0.717, 1.165) is 11.1 Å². The van der Waals surface area contributed by atoms with Crippen LogP contribution in [0.15, 0.2) is 48.5 Å². The summed E-state index contributed by atoms with van der Waals surface area (Å²) in [6.45, 7) is 3.87. The summed E-state index contributed by atoms with van der Waals surface area (Å²) in [4.78, 5) is 11.6. The van der Waals surface area contributed by atoms with Gasteiger partial charge in [-0.2, -0.15) is 0 Å². The Hall–Kier alpha value is -2.29. The summed E-state index contributed by atoms with van der Waals surface area (Å²) in [5, 5.41) is 0. The van der Waals surface area contributed by atoms with Gasteiger partial charge >= 0.3 is 6.16 Å². The molecule has 0 aliphatic rings. The SMILES string of the molecule is Cc1cccc(OC(=O)Oc2ccccc2)c1C. The molecule has 0 atom stereocenters. The van der Waals surface area contributed by atoms with E-state index in [9.17, 15) is 4.79 Å². The van der Waals surface area contributed by atoms with Crippen LogP contribution in [0.1, 0.15) is 11.1 Å². The largest absolute Gasteiger partial charge is 0.519 e. The molecule has 0 saturated carbocycles. The summed E-state index contributed by atoms with van der Waals surface area (Å²) in [6, 6.07) is 14.4. The highest BCUT2D eigenvalue weighted by atomic mass is 16.7. The lowest BCUT2D eigenvalue weighted by molar-refractivity contribution is 0.151. The molecule has 0 aromatic heterocycles. The molecule has 2 aromatic carbocycles. The van der Waals surface area contributed by atoms with Crippen LogP contribution >= 0.6 is 0 Å². The lowest BCUT2D eigenvalue weighted by Gasteiger charge is -2.09. The lowest BCUT2D eigenvalue weighted by atomic mass is 10.1. The minimum absolute atomic E-state index is 0.466. The van der Waals surface area contributed by atoms with E-state index in [1.807, 2.05) is 32.0 Å². The number of hydrogen-bond acceptors (Lipinski definition) is 3. The zero-order chi connectivity index (χ0) is 13.0. The number of benzene rings is 2. The highest BCUT2D eigenvalue weighted by molar-refractivity contribution is 5.67. The summed E-state index contributed by atoms with van der Waals surface area (Å²) in [5.74, 6) is 0.990. The highest BCUT2D eigenvalue weighted by Crippen LogP contribution is 2.21. The zero-order valence-electron chi connectivity index (χ0n) is 10.3. The standard InChI is InChI=1S/C15H14O3/c1-11-7-6-10-14(12(11)2)18-15(16)17-13-8-4-3-5-9-13/h3-10H,1-2H3. The number of para-hydroxylation sites is 1. The van der Waals surface area contributed by atoms with Gasteiger partial charge in [0.05, 0.1) is 0 Å². The number of hydrogen-bond donors (Lipinski definition) is 0. The normalized spacial score (nSPS) is 9.89. The van der Waals surface area contributed by atoms with Crippen molar-refractivity contribution in [3.63, 3.8) is 0 Å². The third kappa shape index (κ3) is 2.88. The van der Waals surface area contributed by atoms with E-state index >= 15 is 0 Å². The fourth-order valence-electron chi connectivity index (χ4n) is 1.53. The topological polar surface area (TPSA) is 35.5 Å². The van der Waals surface area contributed by atoms with Gasteiger partial charge in [-0.25, -0.2) is 4.79 Å². The van der Waals surface area contributed by atoms with Crippen molar-refractivity contribution in [2.24, 2.45) is 0 Å². The molecular weight excluding hydrogens is 228 g/mol. The van der Waals surface area contributed by atoms with E-state index in [1.54, 1.807) is 30.3 Å². The quantitative estimate of drug-likeness (QED) is 0.592. The van der Waals surface area contributed by atoms with E-state index in [-0.39, 0.29) is 0 Å². The summed E-state index contributed by atoms with van der Waals surface area (Å²) in [5.41, 5.74) is 2.00. The van der Waals surface area contributed by atoms with E-state index in [1.165, 1.54) is 0 Å². The zero-order valence-corrected chi connectivity index (χ0v) is 10.3. The Morgan fingerprint density at radius 2 is 1.61 bits per heavy atom. The molecule has 0 heterocycles. The lowest BCUT2D eigenvalue weighted by Crippen LogP contribution is -2.14. The maximum atomic E-state index is 11.6. The number of carbonyl (C=O) groups excluding carboxylic acids is 1. The molecule has 0 radical (unpaired) electrons. The van der Waals surface area contributed by atoms with Crippen molar-refractivity contribution in [1.29, 1.82) is 0 Å².